The second-order valence-corrected chi connectivity index (χ2v) is 7.00. The highest BCUT2D eigenvalue weighted by Crippen LogP contribution is 2.34. The average Bonchev–Trinajstić information content (AvgIpc) is 2.61. The Labute approximate surface area is 141 Å². The molecular weight excluding hydrogens is 284 g/mol. The quantitative estimate of drug-likeness (QED) is 0.499. The van der Waals surface area contributed by atoms with Crippen molar-refractivity contribution in [2.45, 2.75) is 51.6 Å². The summed E-state index contributed by atoms with van der Waals surface area (Å²) in [5.74, 6) is 0. The van der Waals surface area contributed by atoms with E-state index in [1.54, 1.807) is 0 Å². The smallest absolute Gasteiger partial charge is 0.0205 e. The van der Waals surface area contributed by atoms with Gasteiger partial charge in [-0.2, -0.15) is 0 Å². The predicted octanol–water partition coefficient (Wildman–Crippen LogP) is 2.12. The molecule has 1 aromatic carbocycles. The summed E-state index contributed by atoms with van der Waals surface area (Å²) >= 11 is 0. The fraction of sp³-hybridized carbons (Fsp3) is 0.684. The van der Waals surface area contributed by atoms with Crippen molar-refractivity contribution in [3.05, 3.63) is 35.4 Å². The lowest BCUT2D eigenvalue weighted by Gasteiger charge is -2.36. The van der Waals surface area contributed by atoms with E-state index in [-0.39, 0.29) is 0 Å². The molecule has 0 radical (unpaired) electrons. The maximum Gasteiger partial charge on any atom is 0.0205 e. The van der Waals surface area contributed by atoms with Crippen molar-refractivity contribution in [2.24, 2.45) is 16.9 Å². The third-order valence-electron chi connectivity index (χ3n) is 5.09. The summed E-state index contributed by atoms with van der Waals surface area (Å²) in [5.41, 5.74) is 14.6. The first-order valence-electron chi connectivity index (χ1n) is 9.17. The number of hydrogen-bond acceptors (Lipinski definition) is 4. The molecule has 1 aliphatic carbocycles. The van der Waals surface area contributed by atoms with Gasteiger partial charge < -0.3 is 22.1 Å². The topological polar surface area (TPSA) is 76.1 Å². The van der Waals surface area contributed by atoms with Crippen LogP contribution < -0.4 is 22.1 Å². The van der Waals surface area contributed by atoms with Gasteiger partial charge in [0, 0.05) is 19.6 Å². The van der Waals surface area contributed by atoms with Crippen molar-refractivity contribution in [1.29, 1.82) is 0 Å². The van der Waals surface area contributed by atoms with Crippen molar-refractivity contribution >= 4 is 0 Å². The molecule has 1 aromatic rings. The second kappa shape index (κ2) is 10.0. The lowest BCUT2D eigenvalue weighted by molar-refractivity contribution is 0.191. The van der Waals surface area contributed by atoms with Crippen LogP contribution in [0.2, 0.25) is 0 Å². The van der Waals surface area contributed by atoms with Crippen molar-refractivity contribution in [3.63, 3.8) is 0 Å². The molecule has 0 bridgehead atoms. The number of nitrogens with two attached hydrogens (primary N) is 2. The standard InChI is InChI=1S/C19H34N4/c20-11-4-12-22-13-17-5-7-18(8-6-17)14-23-16-19(15-21)9-2-1-3-10-19/h5-8,22-23H,1-4,9-16,20-21H2. The molecule has 1 fully saturated rings. The first-order valence-corrected chi connectivity index (χ1v) is 9.17. The molecular formula is C19H34N4. The molecule has 0 heterocycles. The van der Waals surface area contributed by atoms with Crippen LogP contribution in [0.4, 0.5) is 0 Å². The molecule has 0 saturated heterocycles. The third kappa shape index (κ3) is 6.22. The number of nitrogens with one attached hydrogen (secondary N) is 2. The van der Waals surface area contributed by atoms with Gasteiger partial charge in [0.15, 0.2) is 0 Å². The molecule has 23 heavy (non-hydrogen) atoms. The van der Waals surface area contributed by atoms with E-state index in [1.807, 2.05) is 0 Å². The van der Waals surface area contributed by atoms with Gasteiger partial charge in [-0.25, -0.2) is 0 Å². The molecule has 2 rings (SSSR count). The summed E-state index contributed by atoms with van der Waals surface area (Å²) in [7, 11) is 0. The van der Waals surface area contributed by atoms with Crippen molar-refractivity contribution in [1.82, 2.24) is 10.6 Å². The van der Waals surface area contributed by atoms with Gasteiger partial charge in [0.2, 0.25) is 0 Å². The number of benzene rings is 1. The zero-order chi connectivity index (χ0) is 16.4. The number of hydrogen-bond donors (Lipinski definition) is 4. The SMILES string of the molecule is NCCCNCc1ccc(CNCC2(CN)CCCCC2)cc1. The van der Waals surface area contributed by atoms with Gasteiger partial charge in [0.05, 0.1) is 0 Å². The van der Waals surface area contributed by atoms with E-state index in [9.17, 15) is 0 Å². The van der Waals surface area contributed by atoms with E-state index in [4.69, 9.17) is 11.5 Å². The zero-order valence-electron chi connectivity index (χ0n) is 14.4. The minimum Gasteiger partial charge on any atom is -0.330 e. The van der Waals surface area contributed by atoms with Gasteiger partial charge in [0.25, 0.3) is 0 Å². The molecule has 0 spiro atoms. The maximum atomic E-state index is 6.05. The Morgan fingerprint density at radius 1 is 0.870 bits per heavy atom. The van der Waals surface area contributed by atoms with Crippen LogP contribution in [-0.4, -0.2) is 26.2 Å². The molecule has 1 aliphatic rings. The average molecular weight is 319 g/mol. The Morgan fingerprint density at radius 2 is 1.48 bits per heavy atom. The Bertz CT molecular complexity index is 424. The second-order valence-electron chi connectivity index (χ2n) is 7.00. The Balaban J connectivity index is 1.71. The van der Waals surface area contributed by atoms with E-state index in [2.05, 4.69) is 34.9 Å². The minimum atomic E-state index is 0.338. The van der Waals surface area contributed by atoms with Gasteiger partial charge in [-0.3, -0.25) is 0 Å². The first-order chi connectivity index (χ1) is 11.3. The molecule has 130 valence electrons. The summed E-state index contributed by atoms with van der Waals surface area (Å²) in [6.07, 6.45) is 7.65. The van der Waals surface area contributed by atoms with Crippen LogP contribution >= 0.6 is 0 Å². The van der Waals surface area contributed by atoms with Crippen molar-refractivity contribution < 1.29 is 0 Å². The monoisotopic (exact) mass is 318 g/mol. The predicted molar refractivity (Wildman–Crippen MR) is 98.1 cm³/mol. The van der Waals surface area contributed by atoms with Crippen LogP contribution in [0, 0.1) is 5.41 Å². The van der Waals surface area contributed by atoms with E-state index >= 15 is 0 Å². The zero-order valence-corrected chi connectivity index (χ0v) is 14.4. The minimum absolute atomic E-state index is 0.338. The molecule has 0 unspecified atom stereocenters. The third-order valence-corrected chi connectivity index (χ3v) is 5.09. The Hall–Kier alpha value is -0.940. The van der Waals surface area contributed by atoms with Crippen molar-refractivity contribution in [2.75, 3.05) is 26.2 Å². The Kier molecular flexibility index (Phi) is 8.03. The molecule has 0 atom stereocenters. The van der Waals surface area contributed by atoms with Gasteiger partial charge in [0.1, 0.15) is 0 Å². The van der Waals surface area contributed by atoms with Crippen LogP contribution in [0.5, 0.6) is 0 Å². The fourth-order valence-electron chi connectivity index (χ4n) is 3.46. The van der Waals surface area contributed by atoms with E-state index in [0.717, 1.165) is 45.7 Å². The molecule has 1 saturated carbocycles. The van der Waals surface area contributed by atoms with Gasteiger partial charge >= 0.3 is 0 Å². The fourth-order valence-corrected chi connectivity index (χ4v) is 3.46. The van der Waals surface area contributed by atoms with Crippen LogP contribution in [-0.2, 0) is 13.1 Å². The largest absolute Gasteiger partial charge is 0.330 e. The van der Waals surface area contributed by atoms with Crippen LogP contribution in [0.3, 0.4) is 0 Å². The van der Waals surface area contributed by atoms with Crippen LogP contribution in [0.15, 0.2) is 24.3 Å². The van der Waals surface area contributed by atoms with Gasteiger partial charge in [-0.05, 0) is 55.4 Å². The lowest BCUT2D eigenvalue weighted by Crippen LogP contribution is -2.41. The summed E-state index contributed by atoms with van der Waals surface area (Å²) < 4.78 is 0. The van der Waals surface area contributed by atoms with Gasteiger partial charge in [-0.1, -0.05) is 43.5 Å². The molecule has 6 N–H and O–H groups in total. The maximum absolute atomic E-state index is 6.05. The summed E-state index contributed by atoms with van der Waals surface area (Å²) in [5, 5.41) is 7.04. The van der Waals surface area contributed by atoms with E-state index in [0.29, 0.717) is 5.41 Å². The van der Waals surface area contributed by atoms with E-state index < -0.39 is 0 Å². The van der Waals surface area contributed by atoms with E-state index in [1.165, 1.54) is 43.2 Å². The summed E-state index contributed by atoms with van der Waals surface area (Å²) in [6, 6.07) is 8.88. The number of rotatable bonds is 10. The first kappa shape index (κ1) is 18.4. The lowest BCUT2D eigenvalue weighted by atomic mass is 9.74. The highest BCUT2D eigenvalue weighted by Gasteiger charge is 2.29. The summed E-state index contributed by atoms with van der Waals surface area (Å²) in [4.78, 5) is 0. The molecule has 0 aromatic heterocycles. The molecule has 4 heteroatoms. The van der Waals surface area contributed by atoms with Crippen LogP contribution in [0.25, 0.3) is 0 Å². The normalized spacial score (nSPS) is 17.3. The Morgan fingerprint density at radius 3 is 2.04 bits per heavy atom. The highest BCUT2D eigenvalue weighted by molar-refractivity contribution is 5.22. The molecule has 0 amide bonds. The summed E-state index contributed by atoms with van der Waals surface area (Å²) in [6.45, 7) is 5.45. The van der Waals surface area contributed by atoms with Crippen LogP contribution in [0.1, 0.15) is 49.7 Å². The van der Waals surface area contributed by atoms with Crippen molar-refractivity contribution in [3.8, 4) is 0 Å². The molecule has 4 nitrogen and oxygen atoms in total. The van der Waals surface area contributed by atoms with Gasteiger partial charge in [-0.15, -0.1) is 0 Å². The highest BCUT2D eigenvalue weighted by atomic mass is 14.9. The molecule has 0 aliphatic heterocycles.